The van der Waals surface area contributed by atoms with Gasteiger partial charge in [0.1, 0.15) is 4.87 Å². The molecule has 2 bridgehead atoms. The number of alkyl halides is 1. The molecule has 3 rings (SSSR count). The fourth-order valence-corrected chi connectivity index (χ4v) is 3.32. The van der Waals surface area contributed by atoms with Gasteiger partial charge in [0.25, 0.3) is 0 Å². The summed E-state index contributed by atoms with van der Waals surface area (Å²) in [6.07, 6.45) is 5.47. The predicted molar refractivity (Wildman–Crippen MR) is 49.5 cm³/mol. The molecule has 3 aliphatic rings. The maximum Gasteiger partial charge on any atom is 0.242 e. The topological polar surface area (TPSA) is 17.1 Å². The summed E-state index contributed by atoms with van der Waals surface area (Å²) in [5, 5.41) is -0.335. The fourth-order valence-electron chi connectivity index (χ4n) is 2.65. The Balaban J connectivity index is 2.22. The number of rotatable bonds is 1. The van der Waals surface area contributed by atoms with Gasteiger partial charge in [-0.2, -0.15) is 0 Å². The molecule has 12 heavy (non-hydrogen) atoms. The van der Waals surface area contributed by atoms with Crippen molar-refractivity contribution in [3.05, 3.63) is 0 Å². The molecule has 0 radical (unpaired) electrons. The standard InChI is InChI=1S/C9H12Cl2O/c10-8(12)9(11)5-6-1-3-7(9)4-2-6/h6-7H,1-5H2. The molecule has 0 amide bonds. The molecule has 0 aromatic carbocycles. The Kier molecular flexibility index (Phi) is 2.12. The van der Waals surface area contributed by atoms with Gasteiger partial charge in [-0.15, -0.1) is 11.6 Å². The van der Waals surface area contributed by atoms with E-state index in [1.54, 1.807) is 0 Å². The number of halogens is 2. The highest BCUT2D eigenvalue weighted by atomic mass is 35.5. The Morgan fingerprint density at radius 3 is 2.08 bits per heavy atom. The van der Waals surface area contributed by atoms with Gasteiger partial charge in [-0.1, -0.05) is 12.8 Å². The number of carbonyl (C=O) groups is 1. The molecule has 0 N–H and O–H groups in total. The van der Waals surface area contributed by atoms with Gasteiger partial charge in [-0.25, -0.2) is 0 Å². The SMILES string of the molecule is O=C(Cl)C1(Cl)CC2CCC1CC2. The molecule has 1 nitrogen and oxygen atoms in total. The van der Waals surface area contributed by atoms with Crippen molar-refractivity contribution in [2.24, 2.45) is 11.8 Å². The van der Waals surface area contributed by atoms with Gasteiger partial charge in [0.15, 0.2) is 0 Å². The number of hydrogen-bond donors (Lipinski definition) is 0. The van der Waals surface area contributed by atoms with Crippen LogP contribution in [0.15, 0.2) is 0 Å². The summed E-state index contributed by atoms with van der Waals surface area (Å²) in [6.45, 7) is 0. The van der Waals surface area contributed by atoms with Crippen LogP contribution in [0, 0.1) is 11.8 Å². The van der Waals surface area contributed by atoms with Crippen molar-refractivity contribution >= 4 is 28.4 Å². The smallest absolute Gasteiger partial charge is 0.242 e. The monoisotopic (exact) mass is 206 g/mol. The first-order chi connectivity index (χ1) is 5.63. The highest BCUT2D eigenvalue weighted by Gasteiger charge is 2.50. The second-order valence-corrected chi connectivity index (χ2v) is 5.08. The third kappa shape index (κ3) is 1.18. The summed E-state index contributed by atoms with van der Waals surface area (Å²) in [4.78, 5) is 10.4. The zero-order chi connectivity index (χ0) is 8.77. The third-order valence-corrected chi connectivity index (χ3v) is 4.47. The summed E-state index contributed by atoms with van der Waals surface area (Å²) in [7, 11) is 0. The van der Waals surface area contributed by atoms with E-state index in [9.17, 15) is 4.79 Å². The molecule has 1 unspecified atom stereocenters. The van der Waals surface area contributed by atoms with Crippen molar-refractivity contribution < 1.29 is 4.79 Å². The van der Waals surface area contributed by atoms with E-state index in [-0.39, 0.29) is 5.24 Å². The lowest BCUT2D eigenvalue weighted by Gasteiger charge is -2.45. The van der Waals surface area contributed by atoms with Crippen LogP contribution < -0.4 is 0 Å². The summed E-state index contributed by atoms with van der Waals surface area (Å²) in [5.74, 6) is 0.990. The average Bonchev–Trinajstić information content (AvgIpc) is 2.05. The predicted octanol–water partition coefficient (Wildman–Crippen LogP) is 2.94. The van der Waals surface area contributed by atoms with Crippen molar-refractivity contribution in [3.63, 3.8) is 0 Å². The minimum atomic E-state index is -0.706. The Hall–Kier alpha value is 0.250. The maximum atomic E-state index is 11.1. The van der Waals surface area contributed by atoms with E-state index < -0.39 is 4.87 Å². The van der Waals surface area contributed by atoms with Crippen LogP contribution in [0.4, 0.5) is 0 Å². The van der Waals surface area contributed by atoms with Gasteiger partial charge in [-0.3, -0.25) is 4.79 Å². The van der Waals surface area contributed by atoms with Gasteiger partial charge in [0.2, 0.25) is 5.24 Å². The van der Waals surface area contributed by atoms with Crippen molar-refractivity contribution in [3.8, 4) is 0 Å². The molecule has 0 aromatic heterocycles. The summed E-state index contributed by atoms with van der Waals surface area (Å²) in [6, 6.07) is 0. The molecule has 3 saturated carbocycles. The Morgan fingerprint density at radius 1 is 1.25 bits per heavy atom. The number of carbonyl (C=O) groups excluding carboxylic acids is 1. The van der Waals surface area contributed by atoms with E-state index in [1.165, 1.54) is 12.8 Å². The van der Waals surface area contributed by atoms with Crippen LogP contribution in [0.1, 0.15) is 32.1 Å². The second-order valence-electron chi connectivity index (χ2n) is 4.06. The lowest BCUT2D eigenvalue weighted by molar-refractivity contribution is -0.118. The van der Waals surface area contributed by atoms with E-state index >= 15 is 0 Å². The van der Waals surface area contributed by atoms with Crippen LogP contribution in [0.25, 0.3) is 0 Å². The first-order valence-corrected chi connectivity index (χ1v) is 5.27. The highest BCUT2D eigenvalue weighted by Crippen LogP contribution is 2.51. The quantitative estimate of drug-likeness (QED) is 0.477. The lowest BCUT2D eigenvalue weighted by Crippen LogP contribution is -2.47. The molecular formula is C9H12Cl2O. The molecule has 3 aliphatic carbocycles. The van der Waals surface area contributed by atoms with Crippen molar-refractivity contribution in [1.82, 2.24) is 0 Å². The van der Waals surface area contributed by atoms with Crippen molar-refractivity contribution in [1.29, 1.82) is 0 Å². The van der Waals surface area contributed by atoms with Gasteiger partial charge in [0.05, 0.1) is 0 Å². The zero-order valence-electron chi connectivity index (χ0n) is 6.85. The molecular weight excluding hydrogens is 195 g/mol. The van der Waals surface area contributed by atoms with Crippen molar-refractivity contribution in [2.75, 3.05) is 0 Å². The third-order valence-electron chi connectivity index (χ3n) is 3.41. The van der Waals surface area contributed by atoms with Gasteiger partial charge >= 0.3 is 0 Å². The Labute approximate surface area is 82.4 Å². The minimum Gasteiger partial charge on any atom is -0.279 e. The van der Waals surface area contributed by atoms with E-state index in [0.717, 1.165) is 19.3 Å². The molecule has 0 saturated heterocycles. The normalized spacial score (nSPS) is 46.2. The largest absolute Gasteiger partial charge is 0.279 e. The minimum absolute atomic E-state index is 0.335. The van der Waals surface area contributed by atoms with Gasteiger partial charge in [-0.05, 0) is 42.7 Å². The molecule has 0 aliphatic heterocycles. The van der Waals surface area contributed by atoms with E-state index in [4.69, 9.17) is 23.2 Å². The Bertz CT molecular complexity index is 209. The number of fused-ring (bicyclic) bond motifs is 3. The maximum absolute atomic E-state index is 11.1. The van der Waals surface area contributed by atoms with Gasteiger partial charge in [0, 0.05) is 0 Å². The van der Waals surface area contributed by atoms with Crippen LogP contribution in [-0.4, -0.2) is 10.1 Å². The van der Waals surface area contributed by atoms with Crippen molar-refractivity contribution in [2.45, 2.75) is 37.0 Å². The van der Waals surface area contributed by atoms with Crippen LogP contribution in [0.2, 0.25) is 0 Å². The molecule has 0 aromatic rings. The number of hydrogen-bond acceptors (Lipinski definition) is 1. The second kappa shape index (κ2) is 2.88. The molecule has 0 heterocycles. The molecule has 1 atom stereocenters. The highest BCUT2D eigenvalue weighted by molar-refractivity contribution is 6.70. The van der Waals surface area contributed by atoms with Crippen LogP contribution in [0.3, 0.4) is 0 Å². The van der Waals surface area contributed by atoms with Gasteiger partial charge < -0.3 is 0 Å². The van der Waals surface area contributed by atoms with E-state index in [1.807, 2.05) is 0 Å². The molecule has 0 spiro atoms. The van der Waals surface area contributed by atoms with Crippen LogP contribution >= 0.6 is 23.2 Å². The van der Waals surface area contributed by atoms with Crippen LogP contribution in [-0.2, 0) is 4.79 Å². The fraction of sp³-hybridized carbons (Fsp3) is 0.889. The Morgan fingerprint density at radius 2 is 1.83 bits per heavy atom. The lowest BCUT2D eigenvalue weighted by atomic mass is 9.64. The first kappa shape index (κ1) is 8.83. The molecule has 3 heteroatoms. The van der Waals surface area contributed by atoms with E-state index in [2.05, 4.69) is 0 Å². The molecule has 3 fully saturated rings. The van der Waals surface area contributed by atoms with E-state index in [0.29, 0.717) is 11.8 Å². The summed E-state index contributed by atoms with van der Waals surface area (Å²) < 4.78 is 0. The summed E-state index contributed by atoms with van der Waals surface area (Å²) in [5.41, 5.74) is 0. The first-order valence-electron chi connectivity index (χ1n) is 4.52. The summed E-state index contributed by atoms with van der Waals surface area (Å²) >= 11 is 11.7. The zero-order valence-corrected chi connectivity index (χ0v) is 8.37. The molecule has 68 valence electrons. The van der Waals surface area contributed by atoms with Crippen LogP contribution in [0.5, 0.6) is 0 Å². The average molecular weight is 207 g/mol.